The number of thioether (sulfide) groups is 1. The molecule has 0 aliphatic heterocycles. The van der Waals surface area contributed by atoms with Crippen molar-refractivity contribution in [3.05, 3.63) is 181 Å². The van der Waals surface area contributed by atoms with Crippen molar-refractivity contribution < 1.29 is 43.3 Å². The van der Waals surface area contributed by atoms with E-state index in [9.17, 15) is 33.6 Å². The first-order valence-electron chi connectivity index (χ1n) is 24.1. The molecule has 22 heteroatoms. The summed E-state index contributed by atoms with van der Waals surface area (Å²) in [5.41, 5.74) is 14.5. The Bertz CT molecular complexity index is 3250. The van der Waals surface area contributed by atoms with Crippen LogP contribution in [0, 0.1) is 6.92 Å². The van der Waals surface area contributed by atoms with Gasteiger partial charge in [-0.05, 0) is 94.9 Å². The lowest BCUT2D eigenvalue weighted by atomic mass is 10.2. The molecule has 6 N–H and O–H groups in total. The minimum atomic E-state index is -0.623. The number of esters is 1. The van der Waals surface area contributed by atoms with Crippen LogP contribution in [0.4, 0.5) is 11.5 Å². The number of fused-ring (bicyclic) bond motifs is 1. The van der Waals surface area contributed by atoms with Crippen molar-refractivity contribution in [3.63, 3.8) is 0 Å². The zero-order chi connectivity index (χ0) is 56.6. The van der Waals surface area contributed by atoms with E-state index in [1.165, 1.54) is 22.8 Å². The van der Waals surface area contributed by atoms with Crippen LogP contribution in [0.3, 0.4) is 0 Å². The number of aliphatic hydroxyl groups is 1. The largest absolute Gasteiger partial charge is 0.494 e. The Morgan fingerprint density at radius 1 is 0.844 bits per heavy atom. The van der Waals surface area contributed by atoms with E-state index in [4.69, 9.17) is 30.8 Å². The Labute approximate surface area is 449 Å². The third-order valence-corrected chi connectivity index (χ3v) is 12.0. The Balaban J connectivity index is 0.000000251. The van der Waals surface area contributed by atoms with Crippen molar-refractivity contribution in [2.45, 2.75) is 60.1 Å². The number of para-hydroxylation sites is 1. The highest BCUT2D eigenvalue weighted by Gasteiger charge is 2.19. The number of nitrogens with zero attached hydrogens (tertiary/aromatic N) is 7. The molecule has 7 aromatic rings. The normalized spacial score (nSPS) is 11.1. The number of ether oxygens (including phenoxy) is 3. The number of amides is 3. The fourth-order valence-corrected chi connectivity index (χ4v) is 7.79. The lowest BCUT2D eigenvalue weighted by Crippen LogP contribution is -2.37. The lowest BCUT2D eigenvalue weighted by Gasteiger charge is -2.22. The van der Waals surface area contributed by atoms with Gasteiger partial charge in [0.2, 0.25) is 17.4 Å². The second kappa shape index (κ2) is 30.5. The lowest BCUT2D eigenvalue weighted by molar-refractivity contribution is -0.118. The molecule has 0 aliphatic rings. The third kappa shape index (κ3) is 18.5. The molecule has 77 heavy (non-hydrogen) atoms. The number of anilines is 2. The number of carbonyl (C=O) groups excluding carboxylic acids is 5. The Kier molecular flexibility index (Phi) is 24.0. The van der Waals surface area contributed by atoms with Crippen LogP contribution in [0.15, 0.2) is 142 Å². The Morgan fingerprint density at radius 3 is 2.04 bits per heavy atom. The summed E-state index contributed by atoms with van der Waals surface area (Å²) < 4.78 is 19.9. The van der Waals surface area contributed by atoms with E-state index in [0.717, 1.165) is 22.1 Å². The van der Waals surface area contributed by atoms with Gasteiger partial charge in [0.1, 0.15) is 23.1 Å². The molecule has 0 aliphatic carbocycles. The first-order valence-corrected chi connectivity index (χ1v) is 24.9. The number of aromatic nitrogens is 6. The summed E-state index contributed by atoms with van der Waals surface area (Å²) >= 11 is 1.00. The summed E-state index contributed by atoms with van der Waals surface area (Å²) in [5.74, 6) is 1.02. The molecule has 1 atom stereocenters. The fraction of sp³-hybridized carbons (Fsp3) is 0.273. The van der Waals surface area contributed by atoms with E-state index in [-0.39, 0.29) is 54.1 Å². The van der Waals surface area contributed by atoms with E-state index < -0.39 is 18.0 Å². The number of hydrogen-bond donors (Lipinski definition) is 4. The molecule has 0 radical (unpaired) electrons. The van der Waals surface area contributed by atoms with Gasteiger partial charge in [-0.3, -0.25) is 33.1 Å². The standard InChI is InChI=1S/C26H26N4O4S.C12H17NO3.C9H11NO2.C8H10N4O2/c1-18(30(17-31)16-22-15-28-19(2)29-24(22)27)23(35-26(33)21-11-7-4-8-12-21)13-14-34-25(32)20-9-5-3-6-10-20;1-3-16-11-6-4-10(5-7-11)13-12(15)8-9(2)14;1-2-12-8-6-4-3-5-7(8)9(10)11;1-10-4-9-6-5(10)7(13)12(3)8(14)11(6)2/h3-12,15,17H,13-14,16H2,1-2H3,(H2,27,28,29);4-7,9,14H,3,8H2,1-2H3,(H,13,15);3-6H,2H2,1H3,(H2,10,11);4H,1-3H3/b23-18-;;;. The minimum Gasteiger partial charge on any atom is -0.494 e. The number of rotatable bonds is 18. The molecule has 3 amide bonds. The number of carbonyl (C=O) groups is 5. The number of primary amides is 1. The average Bonchev–Trinajstić information content (AvgIpc) is 3.82. The topological polar surface area (TPSA) is 288 Å². The van der Waals surface area contributed by atoms with E-state index >= 15 is 0 Å². The molecule has 4 aromatic carbocycles. The molecule has 0 spiro atoms. The van der Waals surface area contributed by atoms with Crippen LogP contribution in [0.2, 0.25) is 0 Å². The third-order valence-electron chi connectivity index (χ3n) is 10.8. The van der Waals surface area contributed by atoms with Crippen LogP contribution in [0.25, 0.3) is 11.2 Å². The summed E-state index contributed by atoms with van der Waals surface area (Å²) in [5, 5.41) is 11.5. The molecular weight excluding hydrogens is 1010 g/mol. The van der Waals surface area contributed by atoms with Crippen LogP contribution >= 0.6 is 11.8 Å². The second-order valence-corrected chi connectivity index (χ2v) is 17.7. The van der Waals surface area contributed by atoms with Crippen LogP contribution in [-0.4, -0.2) is 93.9 Å². The molecule has 406 valence electrons. The van der Waals surface area contributed by atoms with Crippen molar-refractivity contribution >= 4 is 63.7 Å². The number of hydrogen-bond acceptors (Lipinski definition) is 16. The Morgan fingerprint density at radius 2 is 1.45 bits per heavy atom. The number of benzene rings is 4. The molecule has 3 aromatic heterocycles. The summed E-state index contributed by atoms with van der Waals surface area (Å²) in [4.78, 5) is 96.9. The van der Waals surface area contributed by atoms with Gasteiger partial charge in [0.25, 0.3) is 11.5 Å². The van der Waals surface area contributed by atoms with Crippen LogP contribution in [0.1, 0.15) is 83.0 Å². The SMILES string of the molecule is C/C(=C(\CCOC(=O)c1ccccc1)SC(=O)c1ccccc1)N(C=O)Cc1cnc(C)nc1N.CCOc1ccc(NC(=O)CC(C)O)cc1.CCOc1ccccc1C(N)=O.Cn1c(=O)c2c(ncn2C)n(C)c1=O. The summed E-state index contributed by atoms with van der Waals surface area (Å²) in [6, 6.07) is 31.5. The highest BCUT2D eigenvalue weighted by molar-refractivity contribution is 8.17. The highest BCUT2D eigenvalue weighted by atomic mass is 32.2. The quantitative estimate of drug-likeness (QED) is 0.0539. The number of aliphatic hydroxyl groups excluding tert-OH is 1. The van der Waals surface area contributed by atoms with Crippen molar-refractivity contribution in [2.24, 2.45) is 26.9 Å². The summed E-state index contributed by atoms with van der Waals surface area (Å²) in [7, 11) is 4.77. The molecule has 0 saturated carbocycles. The molecule has 3 heterocycles. The number of nitrogens with two attached hydrogens (primary N) is 2. The van der Waals surface area contributed by atoms with Gasteiger partial charge in [0.05, 0.1) is 56.3 Å². The minimum absolute atomic E-state index is 0.0396. The van der Waals surface area contributed by atoms with Crippen LogP contribution in [0.5, 0.6) is 11.5 Å². The molecule has 7 rings (SSSR count). The van der Waals surface area contributed by atoms with E-state index in [1.807, 2.05) is 26.0 Å². The average molecular weight is 1070 g/mol. The van der Waals surface area contributed by atoms with Gasteiger partial charge >= 0.3 is 11.7 Å². The fourth-order valence-electron chi connectivity index (χ4n) is 6.86. The zero-order valence-corrected chi connectivity index (χ0v) is 45.0. The number of nitrogens with one attached hydrogen (secondary N) is 1. The molecule has 0 bridgehead atoms. The predicted octanol–water partition coefficient (Wildman–Crippen LogP) is 6.33. The zero-order valence-electron chi connectivity index (χ0n) is 44.2. The van der Waals surface area contributed by atoms with E-state index in [0.29, 0.717) is 80.9 Å². The van der Waals surface area contributed by atoms with E-state index in [2.05, 4.69) is 20.3 Å². The van der Waals surface area contributed by atoms with Gasteiger partial charge in [-0.2, -0.15) is 0 Å². The van der Waals surface area contributed by atoms with Crippen molar-refractivity contribution in [1.29, 1.82) is 0 Å². The van der Waals surface area contributed by atoms with Gasteiger partial charge in [-0.1, -0.05) is 60.7 Å². The summed E-state index contributed by atoms with van der Waals surface area (Å²) in [6.45, 7) is 10.1. The van der Waals surface area contributed by atoms with Crippen LogP contribution in [-0.2, 0) is 42.0 Å². The maximum Gasteiger partial charge on any atom is 0.338 e. The molecule has 0 fully saturated rings. The van der Waals surface area contributed by atoms with Crippen molar-refractivity contribution in [2.75, 3.05) is 30.9 Å². The summed E-state index contributed by atoms with van der Waals surface area (Å²) in [6.07, 6.45) is 3.49. The maximum absolute atomic E-state index is 12.9. The highest BCUT2D eigenvalue weighted by Crippen LogP contribution is 2.30. The maximum atomic E-state index is 12.9. The van der Waals surface area contributed by atoms with E-state index in [1.54, 1.807) is 143 Å². The number of aryl methyl sites for hydroxylation is 3. The second-order valence-electron chi connectivity index (χ2n) is 16.7. The first-order chi connectivity index (χ1) is 36.8. The predicted molar refractivity (Wildman–Crippen MR) is 295 cm³/mol. The van der Waals surface area contributed by atoms with Gasteiger partial charge in [-0.25, -0.2) is 24.5 Å². The first kappa shape index (κ1) is 60.7. The molecule has 21 nitrogen and oxygen atoms in total. The van der Waals surface area contributed by atoms with Crippen molar-refractivity contribution in [1.82, 2.24) is 33.6 Å². The number of allylic oxidation sites excluding steroid dienone is 1. The monoisotopic (exact) mass is 1070 g/mol. The van der Waals surface area contributed by atoms with Gasteiger partial charge < -0.3 is 45.6 Å². The number of imidazole rings is 1. The van der Waals surface area contributed by atoms with Crippen molar-refractivity contribution in [3.8, 4) is 11.5 Å². The molecular formula is C55H64N10O11S. The number of nitrogen functional groups attached to an aromatic ring is 1. The van der Waals surface area contributed by atoms with Gasteiger partial charge in [-0.15, -0.1) is 0 Å². The molecule has 0 saturated heterocycles. The van der Waals surface area contributed by atoms with Gasteiger partial charge in [0.15, 0.2) is 11.2 Å². The van der Waals surface area contributed by atoms with Gasteiger partial charge in [0, 0.05) is 61.2 Å². The molecule has 1 unspecified atom stereocenters. The smallest absolute Gasteiger partial charge is 0.338 e. The van der Waals surface area contributed by atoms with Crippen LogP contribution < -0.4 is 37.5 Å². The Hall–Kier alpha value is -8.89.